The number of rotatable bonds is 4. The maximum atomic E-state index is 9.10. The van der Waals surface area contributed by atoms with E-state index in [2.05, 4.69) is 36.2 Å². The number of carboxylic acid groups (broad SMARTS) is 2. The molecule has 0 aliphatic heterocycles. The Kier molecular flexibility index (Phi) is 8.26. The van der Waals surface area contributed by atoms with E-state index >= 15 is 0 Å². The number of nitrogens with zero attached hydrogens (tertiary/aromatic N) is 1. The van der Waals surface area contributed by atoms with Crippen molar-refractivity contribution in [3.8, 4) is 0 Å². The molecule has 5 nitrogen and oxygen atoms in total. The number of hydrogen-bond acceptors (Lipinski definition) is 3. The second kappa shape index (κ2) is 9.93. The predicted molar refractivity (Wildman–Crippen MR) is 93.3 cm³/mol. The molecule has 2 aromatic carbocycles. The molecule has 0 spiro atoms. The summed E-state index contributed by atoms with van der Waals surface area (Å²) in [6.07, 6.45) is 0. The third kappa shape index (κ3) is 7.46. The minimum absolute atomic E-state index is 0.675. The van der Waals surface area contributed by atoms with Crippen LogP contribution in [0, 0.1) is 0 Å². The summed E-state index contributed by atoms with van der Waals surface area (Å²) in [6.45, 7) is 1.71. The summed E-state index contributed by atoms with van der Waals surface area (Å²) in [5.41, 5.74) is 2.39. The molecule has 0 atom stereocenters. The molecule has 24 heavy (non-hydrogen) atoms. The highest BCUT2D eigenvalue weighted by atomic mass is 35.5. The van der Waals surface area contributed by atoms with Crippen LogP contribution in [0.1, 0.15) is 11.1 Å². The van der Waals surface area contributed by atoms with Crippen molar-refractivity contribution < 1.29 is 19.8 Å². The summed E-state index contributed by atoms with van der Waals surface area (Å²) in [5, 5.41) is 16.2. The van der Waals surface area contributed by atoms with E-state index in [4.69, 9.17) is 43.0 Å². The van der Waals surface area contributed by atoms with Gasteiger partial charge in [-0.2, -0.15) is 0 Å². The molecule has 128 valence electrons. The fourth-order valence-corrected chi connectivity index (χ4v) is 2.36. The maximum Gasteiger partial charge on any atom is 0.414 e. The highest BCUT2D eigenvalue weighted by Gasteiger charge is 2.06. The van der Waals surface area contributed by atoms with Crippen LogP contribution in [0.3, 0.4) is 0 Å². The van der Waals surface area contributed by atoms with Gasteiger partial charge in [-0.25, -0.2) is 9.59 Å². The number of aliphatic carboxylic acids is 2. The van der Waals surface area contributed by atoms with Gasteiger partial charge in [0, 0.05) is 23.1 Å². The first-order valence-electron chi connectivity index (χ1n) is 6.92. The van der Waals surface area contributed by atoms with Crippen molar-refractivity contribution in [1.82, 2.24) is 4.90 Å². The monoisotopic (exact) mass is 369 g/mol. The van der Waals surface area contributed by atoms with Gasteiger partial charge in [-0.15, -0.1) is 0 Å². The van der Waals surface area contributed by atoms with Gasteiger partial charge < -0.3 is 10.2 Å². The lowest BCUT2D eigenvalue weighted by Gasteiger charge is -2.17. The van der Waals surface area contributed by atoms with Crippen molar-refractivity contribution in [2.75, 3.05) is 7.05 Å². The average Bonchev–Trinajstić information content (AvgIpc) is 2.51. The van der Waals surface area contributed by atoms with E-state index in [1.807, 2.05) is 18.2 Å². The van der Waals surface area contributed by atoms with Crippen LogP contribution in [0.15, 0.2) is 48.5 Å². The van der Waals surface area contributed by atoms with Crippen LogP contribution in [0.5, 0.6) is 0 Å². The van der Waals surface area contributed by atoms with Crippen LogP contribution in [0.2, 0.25) is 10.0 Å². The third-order valence-electron chi connectivity index (χ3n) is 2.93. The summed E-state index contributed by atoms with van der Waals surface area (Å²) in [5.74, 6) is -3.65. The first-order valence-corrected chi connectivity index (χ1v) is 7.67. The first-order chi connectivity index (χ1) is 11.3. The molecule has 7 heteroatoms. The zero-order valence-corrected chi connectivity index (χ0v) is 14.5. The Morgan fingerprint density at radius 1 is 0.958 bits per heavy atom. The molecule has 2 N–H and O–H groups in total. The Morgan fingerprint density at radius 2 is 1.54 bits per heavy atom. The largest absolute Gasteiger partial charge is 0.473 e. The maximum absolute atomic E-state index is 9.10. The van der Waals surface area contributed by atoms with Crippen molar-refractivity contribution in [3.05, 3.63) is 69.7 Å². The smallest absolute Gasteiger partial charge is 0.414 e. The molecule has 0 aromatic heterocycles. The molecule has 0 heterocycles. The molecule has 2 rings (SSSR count). The van der Waals surface area contributed by atoms with E-state index in [1.54, 1.807) is 6.07 Å². The highest BCUT2D eigenvalue weighted by Crippen LogP contribution is 2.22. The normalized spacial score (nSPS) is 10.0. The standard InChI is InChI=1S/C15H15Cl2N.C2H2O4/c1-18(10-12-5-3-2-4-6-12)11-13-7-8-14(16)9-15(13)17;3-1(4)2(5)6/h2-9H,10-11H2,1H3;(H,3,4)(H,5,6). The highest BCUT2D eigenvalue weighted by molar-refractivity contribution is 6.35. The quantitative estimate of drug-likeness (QED) is 0.801. The molecule has 0 bridgehead atoms. The fraction of sp³-hybridized carbons (Fsp3) is 0.176. The number of benzene rings is 2. The Morgan fingerprint density at radius 3 is 2.04 bits per heavy atom. The van der Waals surface area contributed by atoms with Crippen molar-refractivity contribution in [1.29, 1.82) is 0 Å². The van der Waals surface area contributed by atoms with Crippen LogP contribution in [-0.4, -0.2) is 34.1 Å². The van der Waals surface area contributed by atoms with Crippen LogP contribution in [0.25, 0.3) is 0 Å². The molecule has 2 aromatic rings. The van der Waals surface area contributed by atoms with Crippen LogP contribution >= 0.6 is 23.2 Å². The second-order valence-electron chi connectivity index (χ2n) is 5.00. The zero-order valence-electron chi connectivity index (χ0n) is 12.9. The molecule has 0 radical (unpaired) electrons. The lowest BCUT2D eigenvalue weighted by atomic mass is 10.2. The van der Waals surface area contributed by atoms with Gasteiger partial charge in [-0.05, 0) is 30.3 Å². The summed E-state index contributed by atoms with van der Waals surface area (Å²) in [7, 11) is 2.08. The average molecular weight is 370 g/mol. The van der Waals surface area contributed by atoms with Gasteiger partial charge in [-0.1, -0.05) is 59.6 Å². The summed E-state index contributed by atoms with van der Waals surface area (Å²) >= 11 is 12.1. The molecule has 0 saturated carbocycles. The van der Waals surface area contributed by atoms with Crippen LogP contribution in [-0.2, 0) is 22.7 Å². The Bertz CT molecular complexity index is 680. The molecular weight excluding hydrogens is 353 g/mol. The molecular formula is C17H17Cl2NO4. The van der Waals surface area contributed by atoms with E-state index in [0.29, 0.717) is 5.02 Å². The molecule has 0 saturated heterocycles. The van der Waals surface area contributed by atoms with E-state index in [0.717, 1.165) is 23.7 Å². The Labute approximate surface area is 150 Å². The lowest BCUT2D eigenvalue weighted by Crippen LogP contribution is -2.17. The lowest BCUT2D eigenvalue weighted by molar-refractivity contribution is -0.159. The predicted octanol–water partition coefficient (Wildman–Crippen LogP) is 3.78. The first kappa shape index (κ1) is 20.0. The Balaban J connectivity index is 0.000000413. The summed E-state index contributed by atoms with van der Waals surface area (Å²) < 4.78 is 0. The van der Waals surface area contributed by atoms with Crippen molar-refractivity contribution >= 4 is 35.1 Å². The number of halogens is 2. The van der Waals surface area contributed by atoms with Crippen LogP contribution in [0.4, 0.5) is 0 Å². The van der Waals surface area contributed by atoms with E-state index in [9.17, 15) is 0 Å². The van der Waals surface area contributed by atoms with Gasteiger partial charge in [0.15, 0.2) is 0 Å². The van der Waals surface area contributed by atoms with E-state index in [-0.39, 0.29) is 0 Å². The zero-order chi connectivity index (χ0) is 18.1. The van der Waals surface area contributed by atoms with E-state index in [1.165, 1.54) is 5.56 Å². The van der Waals surface area contributed by atoms with Crippen molar-refractivity contribution in [2.45, 2.75) is 13.1 Å². The summed E-state index contributed by atoms with van der Waals surface area (Å²) in [4.78, 5) is 20.4. The van der Waals surface area contributed by atoms with Gasteiger partial charge in [0.05, 0.1) is 0 Å². The molecule has 0 amide bonds. The van der Waals surface area contributed by atoms with Gasteiger partial charge >= 0.3 is 11.9 Å². The number of carboxylic acids is 2. The minimum atomic E-state index is -1.82. The third-order valence-corrected chi connectivity index (χ3v) is 3.52. The number of carbonyl (C=O) groups is 2. The molecule has 0 aliphatic carbocycles. The van der Waals surface area contributed by atoms with Gasteiger partial charge in [0.1, 0.15) is 0 Å². The fourth-order valence-electron chi connectivity index (χ4n) is 1.89. The van der Waals surface area contributed by atoms with Gasteiger partial charge in [0.25, 0.3) is 0 Å². The van der Waals surface area contributed by atoms with E-state index < -0.39 is 11.9 Å². The van der Waals surface area contributed by atoms with Crippen LogP contribution < -0.4 is 0 Å². The van der Waals surface area contributed by atoms with Crippen molar-refractivity contribution in [3.63, 3.8) is 0 Å². The second-order valence-corrected chi connectivity index (χ2v) is 5.85. The molecule has 0 aliphatic rings. The summed E-state index contributed by atoms with van der Waals surface area (Å²) in [6, 6.07) is 16.0. The van der Waals surface area contributed by atoms with Gasteiger partial charge in [-0.3, -0.25) is 4.90 Å². The van der Waals surface area contributed by atoms with Crippen molar-refractivity contribution in [2.24, 2.45) is 0 Å². The van der Waals surface area contributed by atoms with Gasteiger partial charge in [0.2, 0.25) is 0 Å². The Hall–Kier alpha value is -2.08. The minimum Gasteiger partial charge on any atom is -0.473 e. The SMILES string of the molecule is CN(Cc1ccccc1)Cc1ccc(Cl)cc1Cl.O=C(O)C(=O)O. The number of hydrogen-bond donors (Lipinski definition) is 2. The molecule has 0 unspecified atom stereocenters. The topological polar surface area (TPSA) is 77.8 Å². The molecule has 0 fully saturated rings.